The lowest BCUT2D eigenvalue weighted by Crippen LogP contribution is -2.32. The second kappa shape index (κ2) is 11.7. The van der Waals surface area contributed by atoms with Crippen molar-refractivity contribution >= 4 is 21.4 Å². The zero-order chi connectivity index (χ0) is 28.2. The minimum Gasteiger partial charge on any atom is -0.504 e. The summed E-state index contributed by atoms with van der Waals surface area (Å²) in [6, 6.07) is 25.9. The Balaban J connectivity index is 1.70. The summed E-state index contributed by atoms with van der Waals surface area (Å²) in [5.41, 5.74) is 2.92. The van der Waals surface area contributed by atoms with Crippen molar-refractivity contribution in [2.24, 2.45) is 0 Å². The molecule has 0 aromatic heterocycles. The molecule has 0 saturated heterocycles. The molecule has 0 aliphatic carbocycles. The lowest BCUT2D eigenvalue weighted by atomic mass is 10.0. The number of phenolic OH excluding ortho intramolecular Hbond substituents is 2. The minimum atomic E-state index is -3.95. The summed E-state index contributed by atoms with van der Waals surface area (Å²) < 4.78 is 27.4. The van der Waals surface area contributed by atoms with Crippen molar-refractivity contribution < 1.29 is 23.4 Å². The number of phenols is 2. The molecule has 7 heteroatoms. The van der Waals surface area contributed by atoms with E-state index in [4.69, 9.17) is 0 Å². The van der Waals surface area contributed by atoms with E-state index < -0.39 is 27.2 Å². The molecule has 0 bridgehead atoms. The van der Waals surface area contributed by atoms with Gasteiger partial charge in [-0.25, -0.2) is 8.42 Å². The maximum absolute atomic E-state index is 13.8. The summed E-state index contributed by atoms with van der Waals surface area (Å²) >= 11 is 0. The number of rotatable bonds is 9. The zero-order valence-electron chi connectivity index (χ0n) is 22.3. The summed E-state index contributed by atoms with van der Waals surface area (Å²) in [5, 5.41) is 21.1. The first-order chi connectivity index (χ1) is 18.6. The summed E-state index contributed by atoms with van der Waals surface area (Å²) in [5.74, 6) is -1.28. The van der Waals surface area contributed by atoms with Gasteiger partial charge >= 0.3 is 0 Å². The van der Waals surface area contributed by atoms with E-state index in [9.17, 15) is 23.4 Å². The molecule has 6 nitrogen and oxygen atoms in total. The van der Waals surface area contributed by atoms with Crippen LogP contribution in [0.15, 0.2) is 101 Å². The minimum absolute atomic E-state index is 0.0126. The molecule has 39 heavy (non-hydrogen) atoms. The van der Waals surface area contributed by atoms with Crippen molar-refractivity contribution in [3.63, 3.8) is 0 Å². The molecule has 2 N–H and O–H groups in total. The van der Waals surface area contributed by atoms with Crippen LogP contribution in [0.25, 0.3) is 0 Å². The number of hydrogen-bond acceptors (Lipinski definition) is 5. The summed E-state index contributed by atoms with van der Waals surface area (Å²) in [7, 11) is -3.95. The van der Waals surface area contributed by atoms with Crippen molar-refractivity contribution in [2.45, 2.75) is 49.3 Å². The third kappa shape index (κ3) is 5.99. The van der Waals surface area contributed by atoms with Crippen LogP contribution in [0, 0.1) is 0 Å². The second-order valence-corrected chi connectivity index (χ2v) is 11.7. The smallest absolute Gasteiger partial charge is 0.262 e. The highest BCUT2D eigenvalue weighted by atomic mass is 32.2. The Morgan fingerprint density at radius 1 is 0.821 bits per heavy atom. The maximum Gasteiger partial charge on any atom is 0.262 e. The number of para-hydroxylation sites is 1. The number of benzene rings is 4. The van der Waals surface area contributed by atoms with Crippen molar-refractivity contribution in [3.05, 3.63) is 113 Å². The Hall–Kier alpha value is -4.10. The highest BCUT2D eigenvalue weighted by molar-refractivity contribution is 7.91. The first kappa shape index (κ1) is 27.9. The van der Waals surface area contributed by atoms with Gasteiger partial charge in [0.1, 0.15) is 0 Å². The molecule has 4 aromatic rings. The first-order valence-electron chi connectivity index (χ1n) is 13.0. The van der Waals surface area contributed by atoms with Gasteiger partial charge in [-0.2, -0.15) is 0 Å². The van der Waals surface area contributed by atoms with Crippen LogP contribution in [0.5, 0.6) is 11.5 Å². The number of aromatic hydroxyl groups is 2. The highest BCUT2D eigenvalue weighted by Crippen LogP contribution is 2.36. The van der Waals surface area contributed by atoms with Crippen LogP contribution in [0.4, 0.5) is 5.69 Å². The first-order valence-corrected chi connectivity index (χ1v) is 14.5. The van der Waals surface area contributed by atoms with Gasteiger partial charge in [0.15, 0.2) is 11.5 Å². The van der Waals surface area contributed by atoms with Gasteiger partial charge in [0.2, 0.25) is 9.84 Å². The molecule has 0 aliphatic heterocycles. The van der Waals surface area contributed by atoms with E-state index in [1.165, 1.54) is 17.0 Å². The van der Waals surface area contributed by atoms with Gasteiger partial charge in [0, 0.05) is 6.54 Å². The van der Waals surface area contributed by atoms with Gasteiger partial charge in [-0.3, -0.25) is 4.79 Å². The predicted octanol–water partition coefficient (Wildman–Crippen LogP) is 6.51. The van der Waals surface area contributed by atoms with Crippen molar-refractivity contribution in [2.75, 3.05) is 11.4 Å². The molecule has 1 amide bonds. The fraction of sp³-hybridized carbons (Fsp3) is 0.219. The quantitative estimate of drug-likeness (QED) is 0.235. The number of hydrogen-bond donors (Lipinski definition) is 2. The van der Waals surface area contributed by atoms with Gasteiger partial charge in [-0.15, -0.1) is 0 Å². The number of amides is 1. The van der Waals surface area contributed by atoms with Crippen LogP contribution in [-0.4, -0.2) is 31.1 Å². The molecule has 0 spiro atoms. The van der Waals surface area contributed by atoms with Gasteiger partial charge in [-0.1, -0.05) is 68.4 Å². The van der Waals surface area contributed by atoms with Crippen molar-refractivity contribution in [3.8, 4) is 11.5 Å². The molecule has 0 radical (unpaired) electrons. The van der Waals surface area contributed by atoms with Gasteiger partial charge in [0.05, 0.1) is 21.0 Å². The van der Waals surface area contributed by atoms with Gasteiger partial charge in [0.25, 0.3) is 5.91 Å². The van der Waals surface area contributed by atoms with E-state index >= 15 is 0 Å². The Labute approximate surface area is 230 Å². The van der Waals surface area contributed by atoms with Crippen molar-refractivity contribution in [1.29, 1.82) is 0 Å². The molecule has 0 heterocycles. The van der Waals surface area contributed by atoms with E-state index in [1.807, 2.05) is 44.2 Å². The zero-order valence-corrected chi connectivity index (χ0v) is 23.2. The molecule has 4 rings (SSSR count). The standard InChI is InChI=1S/C32H33NO5S/c1-4-33(28-12-8-9-13-30(28)39(37,38)26-18-16-25(17-19-26)22(2)3)32(36)27-20-24(21-29(34)31(27)35)15-14-23-10-6-5-7-11-23/h5-13,16-22,34-35H,4,14-15H2,1-3H3. The molecule has 4 aromatic carbocycles. The molecule has 0 atom stereocenters. The lowest BCUT2D eigenvalue weighted by Gasteiger charge is -2.24. The molecule has 0 saturated carbocycles. The fourth-order valence-electron chi connectivity index (χ4n) is 4.55. The van der Waals surface area contributed by atoms with Crippen LogP contribution in [0.3, 0.4) is 0 Å². The van der Waals surface area contributed by atoms with E-state index in [-0.39, 0.29) is 33.5 Å². The summed E-state index contributed by atoms with van der Waals surface area (Å²) in [6.45, 7) is 5.95. The topological polar surface area (TPSA) is 94.9 Å². The number of nitrogens with zero attached hydrogens (tertiary/aromatic N) is 1. The largest absolute Gasteiger partial charge is 0.504 e. The fourth-order valence-corrected chi connectivity index (χ4v) is 6.01. The summed E-state index contributed by atoms with van der Waals surface area (Å²) in [4.78, 5) is 15.2. The third-order valence-electron chi connectivity index (χ3n) is 6.79. The monoisotopic (exact) mass is 543 g/mol. The average molecular weight is 544 g/mol. The van der Waals surface area contributed by atoms with E-state index in [0.717, 1.165) is 11.1 Å². The van der Waals surface area contributed by atoms with E-state index in [1.54, 1.807) is 55.5 Å². The number of aryl methyl sites for hydroxylation is 2. The third-order valence-corrected chi connectivity index (χ3v) is 8.61. The Kier molecular flexibility index (Phi) is 8.41. The van der Waals surface area contributed by atoms with Crippen LogP contribution in [-0.2, 0) is 22.7 Å². The van der Waals surface area contributed by atoms with Crippen molar-refractivity contribution in [1.82, 2.24) is 0 Å². The van der Waals surface area contributed by atoms with Gasteiger partial charge in [-0.05, 0) is 78.8 Å². The molecular formula is C32H33NO5S. The molecule has 0 fully saturated rings. The summed E-state index contributed by atoms with van der Waals surface area (Å²) in [6.07, 6.45) is 1.23. The molecule has 0 unspecified atom stereocenters. The SMILES string of the molecule is CCN(C(=O)c1cc(CCc2ccccc2)cc(O)c1O)c1ccccc1S(=O)(=O)c1ccc(C(C)C)cc1. The average Bonchev–Trinajstić information content (AvgIpc) is 2.94. The van der Waals surface area contributed by atoms with Crippen LogP contribution < -0.4 is 4.90 Å². The number of sulfone groups is 1. The lowest BCUT2D eigenvalue weighted by molar-refractivity contribution is 0.0984. The molecule has 202 valence electrons. The predicted molar refractivity (Wildman–Crippen MR) is 153 cm³/mol. The van der Waals surface area contributed by atoms with E-state index in [2.05, 4.69) is 0 Å². The molecular weight excluding hydrogens is 510 g/mol. The Bertz CT molecular complexity index is 1560. The Morgan fingerprint density at radius 2 is 1.44 bits per heavy atom. The number of carbonyl (C=O) groups excluding carboxylic acids is 1. The second-order valence-electron chi connectivity index (χ2n) is 9.74. The normalized spacial score (nSPS) is 11.5. The number of anilines is 1. The maximum atomic E-state index is 13.8. The van der Waals surface area contributed by atoms with Crippen LogP contribution >= 0.6 is 0 Å². The molecule has 0 aliphatic rings. The highest BCUT2D eigenvalue weighted by Gasteiger charge is 2.28. The van der Waals surface area contributed by atoms with Crippen LogP contribution in [0.1, 0.15) is 53.7 Å². The number of carbonyl (C=O) groups is 1. The van der Waals surface area contributed by atoms with E-state index in [0.29, 0.717) is 18.4 Å². The Morgan fingerprint density at radius 3 is 2.08 bits per heavy atom. The van der Waals surface area contributed by atoms with Gasteiger partial charge < -0.3 is 15.1 Å². The van der Waals surface area contributed by atoms with Crippen LogP contribution in [0.2, 0.25) is 0 Å².